The maximum atomic E-state index is 12.3. The van der Waals surface area contributed by atoms with Crippen LogP contribution in [0.4, 0.5) is 17.6 Å². The molecule has 1 N–H and O–H groups in total. The monoisotopic (exact) mass is 213 g/mol. The molecule has 0 aromatic heterocycles. The lowest BCUT2D eigenvalue weighted by atomic mass is 10.3. The van der Waals surface area contributed by atoms with E-state index in [1.807, 2.05) is 0 Å². The van der Waals surface area contributed by atoms with Crippen LogP contribution in [0.25, 0.3) is 0 Å². The predicted octanol–water partition coefficient (Wildman–Crippen LogP) is 1.97. The van der Waals surface area contributed by atoms with Crippen LogP contribution in [0.2, 0.25) is 0 Å². The molecule has 0 saturated carbocycles. The molecule has 82 valence electrons. The molecular weight excluding hydrogens is 202 g/mol. The van der Waals surface area contributed by atoms with E-state index >= 15 is 0 Å². The molecular formula is C8H11F4NO. The van der Waals surface area contributed by atoms with E-state index in [1.54, 1.807) is 19.2 Å². The summed E-state index contributed by atoms with van der Waals surface area (Å²) in [5.74, 6) is -6.57. The summed E-state index contributed by atoms with van der Waals surface area (Å²) in [4.78, 5) is 10.5. The largest absolute Gasteiger partial charge is 0.383 e. The van der Waals surface area contributed by atoms with E-state index in [4.69, 9.17) is 0 Å². The molecule has 0 spiro atoms. The van der Waals surface area contributed by atoms with Crippen molar-refractivity contribution in [2.24, 2.45) is 0 Å². The molecule has 2 nitrogen and oxygen atoms in total. The molecule has 0 aromatic carbocycles. The highest BCUT2D eigenvalue weighted by Gasteiger charge is 2.48. The topological polar surface area (TPSA) is 29.1 Å². The minimum absolute atomic E-state index is 0.177. The Hall–Kier alpha value is -1.07. The van der Waals surface area contributed by atoms with Gasteiger partial charge >= 0.3 is 12.3 Å². The summed E-state index contributed by atoms with van der Waals surface area (Å²) in [6.45, 7) is 3.21. The van der Waals surface area contributed by atoms with Gasteiger partial charge in [0.25, 0.3) is 5.91 Å². The summed E-state index contributed by atoms with van der Waals surface area (Å²) in [6, 6.07) is 0. The zero-order valence-corrected chi connectivity index (χ0v) is 7.78. The Balaban J connectivity index is 4.16. The third-order valence-electron chi connectivity index (χ3n) is 1.35. The van der Waals surface area contributed by atoms with E-state index in [9.17, 15) is 22.4 Å². The van der Waals surface area contributed by atoms with Crippen LogP contribution in [-0.2, 0) is 4.79 Å². The molecule has 0 heterocycles. The lowest BCUT2D eigenvalue weighted by molar-refractivity contribution is -0.169. The van der Waals surface area contributed by atoms with Crippen LogP contribution in [0.15, 0.2) is 11.6 Å². The van der Waals surface area contributed by atoms with E-state index in [0.29, 0.717) is 0 Å². The first kappa shape index (κ1) is 12.9. The summed E-state index contributed by atoms with van der Waals surface area (Å²) in [5, 5.41) is 1.69. The molecule has 0 aromatic rings. The normalized spacial score (nSPS) is 11.4. The van der Waals surface area contributed by atoms with Crippen LogP contribution >= 0.6 is 0 Å². The van der Waals surface area contributed by atoms with Gasteiger partial charge in [-0.15, -0.1) is 0 Å². The first-order valence-electron chi connectivity index (χ1n) is 3.86. The highest BCUT2D eigenvalue weighted by Crippen LogP contribution is 2.22. The van der Waals surface area contributed by atoms with Crippen LogP contribution in [0.3, 0.4) is 0 Å². The Labute approximate surface area is 79.0 Å². The van der Waals surface area contributed by atoms with Gasteiger partial charge in [-0.2, -0.15) is 8.78 Å². The molecule has 0 aliphatic heterocycles. The second-order valence-electron chi connectivity index (χ2n) is 2.92. The second-order valence-corrected chi connectivity index (χ2v) is 2.92. The van der Waals surface area contributed by atoms with Crippen LogP contribution in [0, 0.1) is 0 Å². The maximum Gasteiger partial charge on any atom is 0.383 e. The third kappa shape index (κ3) is 3.76. The number of nitrogens with one attached hydrogen (secondary N) is 1. The Morgan fingerprint density at radius 1 is 1.43 bits per heavy atom. The Morgan fingerprint density at radius 3 is 2.29 bits per heavy atom. The van der Waals surface area contributed by atoms with Gasteiger partial charge in [0, 0.05) is 6.54 Å². The molecule has 6 heteroatoms. The van der Waals surface area contributed by atoms with Crippen LogP contribution < -0.4 is 5.32 Å². The van der Waals surface area contributed by atoms with Gasteiger partial charge in [0.2, 0.25) is 0 Å². The summed E-state index contributed by atoms with van der Waals surface area (Å²) in [6.07, 6.45) is -2.53. The molecule has 0 radical (unpaired) electrons. The van der Waals surface area contributed by atoms with Gasteiger partial charge in [-0.1, -0.05) is 11.6 Å². The second kappa shape index (κ2) is 4.97. The molecule has 0 atom stereocenters. The van der Waals surface area contributed by atoms with Crippen molar-refractivity contribution in [1.29, 1.82) is 0 Å². The third-order valence-corrected chi connectivity index (χ3v) is 1.35. The van der Waals surface area contributed by atoms with E-state index in [0.717, 1.165) is 5.57 Å². The van der Waals surface area contributed by atoms with Crippen LogP contribution in [0.1, 0.15) is 13.8 Å². The fourth-order valence-corrected chi connectivity index (χ4v) is 0.565. The first-order chi connectivity index (χ1) is 6.28. The average molecular weight is 213 g/mol. The van der Waals surface area contributed by atoms with Crippen LogP contribution in [0.5, 0.6) is 0 Å². The Bertz CT molecular complexity index is 233. The number of alkyl halides is 4. The summed E-state index contributed by atoms with van der Waals surface area (Å²) in [5.41, 5.74) is 0.797. The number of rotatable bonds is 4. The minimum Gasteiger partial charge on any atom is -0.347 e. The molecule has 0 fully saturated rings. The Kier molecular flexibility index (Phi) is 4.59. The van der Waals surface area contributed by atoms with Gasteiger partial charge in [-0.3, -0.25) is 4.79 Å². The fourth-order valence-electron chi connectivity index (χ4n) is 0.565. The molecule has 0 bridgehead atoms. The number of hydrogen-bond acceptors (Lipinski definition) is 1. The SMILES string of the molecule is CC(C)=CCNC(=O)C(F)(F)C(F)F. The van der Waals surface area contributed by atoms with Crippen molar-refractivity contribution in [2.45, 2.75) is 26.2 Å². The molecule has 1 amide bonds. The molecule has 0 rings (SSSR count). The number of allylic oxidation sites excluding steroid dienone is 1. The van der Waals surface area contributed by atoms with Crippen molar-refractivity contribution in [2.75, 3.05) is 6.54 Å². The maximum absolute atomic E-state index is 12.3. The van der Waals surface area contributed by atoms with E-state index in [1.165, 1.54) is 6.08 Å². The smallest absolute Gasteiger partial charge is 0.347 e. The number of hydrogen-bond donors (Lipinski definition) is 1. The molecule has 0 unspecified atom stereocenters. The van der Waals surface area contributed by atoms with Gasteiger partial charge < -0.3 is 5.32 Å². The summed E-state index contributed by atoms with van der Waals surface area (Å²) in [7, 11) is 0. The number of amides is 1. The van der Waals surface area contributed by atoms with E-state index in [-0.39, 0.29) is 6.54 Å². The fraction of sp³-hybridized carbons (Fsp3) is 0.625. The van der Waals surface area contributed by atoms with E-state index < -0.39 is 18.3 Å². The van der Waals surface area contributed by atoms with Crippen LogP contribution in [-0.4, -0.2) is 24.8 Å². The Morgan fingerprint density at radius 2 is 1.93 bits per heavy atom. The zero-order chi connectivity index (χ0) is 11.4. The highest BCUT2D eigenvalue weighted by atomic mass is 19.3. The number of carbonyl (C=O) groups excluding carboxylic acids is 1. The molecule has 14 heavy (non-hydrogen) atoms. The summed E-state index contributed by atoms with van der Waals surface area (Å²) >= 11 is 0. The van der Waals surface area contributed by atoms with Gasteiger partial charge in [0.15, 0.2) is 0 Å². The average Bonchev–Trinajstić information content (AvgIpc) is 2.02. The van der Waals surface area contributed by atoms with Gasteiger partial charge in [-0.25, -0.2) is 8.78 Å². The van der Waals surface area contributed by atoms with Crippen molar-refractivity contribution < 1.29 is 22.4 Å². The van der Waals surface area contributed by atoms with Crippen molar-refractivity contribution >= 4 is 5.91 Å². The van der Waals surface area contributed by atoms with Gasteiger partial charge in [0.1, 0.15) is 0 Å². The lowest BCUT2D eigenvalue weighted by Crippen LogP contribution is -2.45. The standard InChI is InChI=1S/C8H11F4NO/c1-5(2)3-4-13-7(14)8(11,12)6(9)10/h3,6H,4H2,1-2H3,(H,13,14). The summed E-state index contributed by atoms with van der Waals surface area (Å²) < 4.78 is 47.8. The molecule has 0 aliphatic carbocycles. The van der Waals surface area contributed by atoms with Gasteiger partial charge in [-0.05, 0) is 13.8 Å². The highest BCUT2D eigenvalue weighted by molar-refractivity contribution is 5.83. The van der Waals surface area contributed by atoms with Crippen molar-refractivity contribution in [3.63, 3.8) is 0 Å². The van der Waals surface area contributed by atoms with Crippen molar-refractivity contribution in [1.82, 2.24) is 5.32 Å². The van der Waals surface area contributed by atoms with Crippen molar-refractivity contribution in [3.05, 3.63) is 11.6 Å². The zero-order valence-electron chi connectivity index (χ0n) is 7.78. The lowest BCUT2D eigenvalue weighted by Gasteiger charge is -2.13. The minimum atomic E-state index is -4.62. The molecule has 0 aliphatic rings. The first-order valence-corrected chi connectivity index (χ1v) is 3.86. The predicted molar refractivity (Wildman–Crippen MR) is 43.4 cm³/mol. The van der Waals surface area contributed by atoms with E-state index in [2.05, 4.69) is 0 Å². The quantitative estimate of drug-likeness (QED) is 0.561. The number of halogens is 4. The number of carbonyl (C=O) groups is 1. The van der Waals surface area contributed by atoms with Crippen molar-refractivity contribution in [3.8, 4) is 0 Å². The van der Waals surface area contributed by atoms with Gasteiger partial charge in [0.05, 0.1) is 0 Å². The molecule has 0 saturated heterocycles.